The molecule has 0 saturated carbocycles. The molecular weight excluding hydrogens is 204 g/mol. The summed E-state index contributed by atoms with van der Waals surface area (Å²) in [7, 11) is 2.21. The standard InChI is InChI=1S/C12H28N2S/c1-6-12(3,4)14(5)11(10-13)8-9-15-7-2/h11H,6-10,13H2,1-5H3. The van der Waals surface area contributed by atoms with E-state index >= 15 is 0 Å². The fraction of sp³-hybridized carbons (Fsp3) is 1.00. The zero-order chi connectivity index (χ0) is 11.9. The quantitative estimate of drug-likeness (QED) is 0.652. The van der Waals surface area contributed by atoms with Gasteiger partial charge in [0, 0.05) is 18.1 Å². The predicted molar refractivity (Wildman–Crippen MR) is 72.6 cm³/mol. The summed E-state index contributed by atoms with van der Waals surface area (Å²) in [6.45, 7) is 9.81. The minimum atomic E-state index is 0.265. The third kappa shape index (κ3) is 5.23. The van der Waals surface area contributed by atoms with Gasteiger partial charge in [-0.15, -0.1) is 0 Å². The van der Waals surface area contributed by atoms with Crippen molar-refractivity contribution in [1.82, 2.24) is 4.90 Å². The van der Waals surface area contributed by atoms with Crippen LogP contribution in [0.25, 0.3) is 0 Å². The zero-order valence-corrected chi connectivity index (χ0v) is 11.9. The minimum Gasteiger partial charge on any atom is -0.329 e. The van der Waals surface area contributed by atoms with Gasteiger partial charge in [-0.2, -0.15) is 11.8 Å². The van der Waals surface area contributed by atoms with Gasteiger partial charge in [0.15, 0.2) is 0 Å². The molecule has 0 bridgehead atoms. The van der Waals surface area contributed by atoms with Crippen LogP contribution in [-0.2, 0) is 0 Å². The van der Waals surface area contributed by atoms with Crippen molar-refractivity contribution in [1.29, 1.82) is 0 Å². The van der Waals surface area contributed by atoms with Crippen molar-refractivity contribution in [2.24, 2.45) is 5.73 Å². The number of thioether (sulfide) groups is 1. The van der Waals surface area contributed by atoms with Crippen LogP contribution < -0.4 is 5.73 Å². The number of nitrogens with two attached hydrogens (primary N) is 1. The summed E-state index contributed by atoms with van der Waals surface area (Å²) >= 11 is 2.01. The van der Waals surface area contributed by atoms with Gasteiger partial charge in [-0.3, -0.25) is 4.90 Å². The van der Waals surface area contributed by atoms with Crippen molar-refractivity contribution in [3.63, 3.8) is 0 Å². The summed E-state index contributed by atoms with van der Waals surface area (Å²) in [6.07, 6.45) is 2.37. The topological polar surface area (TPSA) is 29.3 Å². The van der Waals surface area contributed by atoms with Crippen LogP contribution in [0.15, 0.2) is 0 Å². The van der Waals surface area contributed by atoms with E-state index in [0.717, 1.165) is 6.54 Å². The monoisotopic (exact) mass is 232 g/mol. The Hall–Kier alpha value is 0.270. The predicted octanol–water partition coefficient (Wildman–Crippen LogP) is 2.58. The van der Waals surface area contributed by atoms with Gasteiger partial charge in [0.25, 0.3) is 0 Å². The Morgan fingerprint density at radius 3 is 2.33 bits per heavy atom. The average Bonchev–Trinajstić information content (AvgIpc) is 2.23. The second kappa shape index (κ2) is 7.53. The molecule has 3 heteroatoms. The van der Waals surface area contributed by atoms with Crippen LogP contribution in [0.1, 0.15) is 40.5 Å². The molecule has 15 heavy (non-hydrogen) atoms. The molecule has 92 valence electrons. The lowest BCUT2D eigenvalue weighted by atomic mass is 9.97. The van der Waals surface area contributed by atoms with Crippen LogP contribution in [0.2, 0.25) is 0 Å². The smallest absolute Gasteiger partial charge is 0.0228 e. The summed E-state index contributed by atoms with van der Waals surface area (Å²) in [5, 5.41) is 0. The van der Waals surface area contributed by atoms with Gasteiger partial charge in [0.2, 0.25) is 0 Å². The van der Waals surface area contributed by atoms with E-state index in [1.54, 1.807) is 0 Å². The van der Waals surface area contributed by atoms with Gasteiger partial charge in [-0.25, -0.2) is 0 Å². The SMILES string of the molecule is CCSCCC(CN)N(C)C(C)(C)CC. The summed E-state index contributed by atoms with van der Waals surface area (Å²) in [4.78, 5) is 2.45. The van der Waals surface area contributed by atoms with E-state index in [-0.39, 0.29) is 5.54 Å². The molecule has 0 spiro atoms. The molecule has 0 heterocycles. The van der Waals surface area contributed by atoms with Gasteiger partial charge in [0.1, 0.15) is 0 Å². The van der Waals surface area contributed by atoms with E-state index in [1.165, 1.54) is 24.3 Å². The molecule has 0 aliphatic carbocycles. The van der Waals surface area contributed by atoms with E-state index < -0.39 is 0 Å². The third-order valence-electron chi connectivity index (χ3n) is 3.44. The highest BCUT2D eigenvalue weighted by molar-refractivity contribution is 7.99. The average molecular weight is 232 g/mol. The highest BCUT2D eigenvalue weighted by Gasteiger charge is 2.26. The Bertz CT molecular complexity index is 160. The first kappa shape index (κ1) is 15.3. The highest BCUT2D eigenvalue weighted by Crippen LogP contribution is 2.21. The fourth-order valence-corrected chi connectivity index (χ4v) is 2.30. The van der Waals surface area contributed by atoms with E-state index in [9.17, 15) is 0 Å². The summed E-state index contributed by atoms with van der Waals surface area (Å²) in [5.74, 6) is 2.43. The Morgan fingerprint density at radius 1 is 1.33 bits per heavy atom. The minimum absolute atomic E-state index is 0.265. The Morgan fingerprint density at radius 2 is 1.93 bits per heavy atom. The number of nitrogens with zero attached hydrogens (tertiary/aromatic N) is 1. The molecule has 0 aliphatic heterocycles. The summed E-state index contributed by atoms with van der Waals surface area (Å²) in [5.41, 5.74) is 6.12. The van der Waals surface area contributed by atoms with Crippen molar-refractivity contribution in [2.75, 3.05) is 25.1 Å². The first-order chi connectivity index (χ1) is 6.99. The molecule has 0 fully saturated rings. The largest absolute Gasteiger partial charge is 0.329 e. The molecule has 0 aromatic carbocycles. The lowest BCUT2D eigenvalue weighted by Gasteiger charge is -2.40. The Kier molecular flexibility index (Phi) is 7.66. The molecule has 0 rings (SSSR count). The van der Waals surface area contributed by atoms with Crippen LogP contribution in [0.4, 0.5) is 0 Å². The number of likely N-dealkylation sites (N-methyl/N-ethyl adjacent to an activating group) is 1. The molecule has 2 nitrogen and oxygen atoms in total. The maximum Gasteiger partial charge on any atom is 0.0228 e. The summed E-state index contributed by atoms with van der Waals surface area (Å²) in [6, 6.07) is 0.527. The van der Waals surface area contributed by atoms with E-state index in [4.69, 9.17) is 5.73 Å². The fourth-order valence-electron chi connectivity index (χ4n) is 1.58. The molecule has 2 N–H and O–H groups in total. The zero-order valence-electron chi connectivity index (χ0n) is 11.0. The molecule has 0 radical (unpaired) electrons. The Labute approximate surface area is 100.0 Å². The van der Waals surface area contributed by atoms with Gasteiger partial charge < -0.3 is 5.73 Å². The third-order valence-corrected chi connectivity index (χ3v) is 4.37. The lowest BCUT2D eigenvalue weighted by Crippen LogP contribution is -2.50. The second-order valence-corrected chi connectivity index (χ2v) is 6.05. The van der Waals surface area contributed by atoms with Gasteiger partial charge in [-0.1, -0.05) is 13.8 Å². The first-order valence-electron chi connectivity index (χ1n) is 6.00. The molecule has 0 saturated heterocycles. The van der Waals surface area contributed by atoms with Crippen molar-refractivity contribution < 1.29 is 0 Å². The maximum absolute atomic E-state index is 5.86. The van der Waals surface area contributed by atoms with Gasteiger partial charge in [-0.05, 0) is 45.2 Å². The van der Waals surface area contributed by atoms with Crippen LogP contribution in [0.5, 0.6) is 0 Å². The van der Waals surface area contributed by atoms with Crippen LogP contribution in [0.3, 0.4) is 0 Å². The van der Waals surface area contributed by atoms with E-state index in [0.29, 0.717) is 6.04 Å². The molecular formula is C12H28N2S. The number of hydrogen-bond acceptors (Lipinski definition) is 3. The molecule has 0 aliphatic rings. The summed E-state index contributed by atoms with van der Waals surface area (Å²) < 4.78 is 0. The Balaban J connectivity index is 4.15. The van der Waals surface area contributed by atoms with Crippen molar-refractivity contribution in [3.05, 3.63) is 0 Å². The number of rotatable bonds is 8. The first-order valence-corrected chi connectivity index (χ1v) is 7.15. The van der Waals surface area contributed by atoms with Crippen molar-refractivity contribution >= 4 is 11.8 Å². The molecule has 1 atom stereocenters. The second-order valence-electron chi connectivity index (χ2n) is 4.65. The normalized spacial score (nSPS) is 14.6. The molecule has 0 aromatic rings. The van der Waals surface area contributed by atoms with E-state index in [2.05, 4.69) is 39.6 Å². The molecule has 1 unspecified atom stereocenters. The van der Waals surface area contributed by atoms with Crippen LogP contribution >= 0.6 is 11.8 Å². The van der Waals surface area contributed by atoms with Crippen LogP contribution in [0, 0.1) is 0 Å². The lowest BCUT2D eigenvalue weighted by molar-refractivity contribution is 0.0988. The van der Waals surface area contributed by atoms with Crippen molar-refractivity contribution in [3.8, 4) is 0 Å². The van der Waals surface area contributed by atoms with Crippen LogP contribution in [-0.4, -0.2) is 41.6 Å². The highest BCUT2D eigenvalue weighted by atomic mass is 32.2. The molecule has 0 aromatic heterocycles. The maximum atomic E-state index is 5.86. The number of hydrogen-bond donors (Lipinski definition) is 1. The van der Waals surface area contributed by atoms with Gasteiger partial charge >= 0.3 is 0 Å². The van der Waals surface area contributed by atoms with Crippen molar-refractivity contribution in [2.45, 2.75) is 52.1 Å². The van der Waals surface area contributed by atoms with E-state index in [1.807, 2.05) is 11.8 Å². The van der Waals surface area contributed by atoms with Gasteiger partial charge in [0.05, 0.1) is 0 Å². The molecule has 0 amide bonds.